The van der Waals surface area contributed by atoms with Gasteiger partial charge in [-0.05, 0) is 23.5 Å². The summed E-state index contributed by atoms with van der Waals surface area (Å²) >= 11 is 11.7. The van der Waals surface area contributed by atoms with Crippen molar-refractivity contribution in [3.63, 3.8) is 0 Å². The molecule has 4 heteroatoms. The topological polar surface area (TPSA) is 9.23 Å². The van der Waals surface area contributed by atoms with Crippen LogP contribution in [0.4, 0.5) is 4.39 Å². The van der Waals surface area contributed by atoms with Crippen molar-refractivity contribution in [1.29, 1.82) is 0 Å². The Morgan fingerprint density at radius 1 is 1.31 bits per heavy atom. The van der Waals surface area contributed by atoms with Crippen molar-refractivity contribution < 1.29 is 9.13 Å². The van der Waals surface area contributed by atoms with E-state index in [4.69, 9.17) is 27.9 Å². The first-order valence-corrected chi connectivity index (χ1v) is 6.06. The fourth-order valence-electron chi connectivity index (χ4n) is 1.44. The molecule has 0 aliphatic heterocycles. The number of hydrogen-bond donors (Lipinski definition) is 0. The van der Waals surface area contributed by atoms with Crippen molar-refractivity contribution in [2.75, 3.05) is 18.9 Å². The van der Waals surface area contributed by atoms with E-state index in [0.717, 1.165) is 0 Å². The van der Waals surface area contributed by atoms with E-state index in [1.807, 2.05) is 6.92 Å². The Bertz CT molecular complexity index is 351. The average Bonchev–Trinajstić information content (AvgIpc) is 2.32. The highest BCUT2D eigenvalue weighted by atomic mass is 35.5. The summed E-state index contributed by atoms with van der Waals surface area (Å²) in [6, 6.07) is 5.09. The third kappa shape index (κ3) is 3.02. The average molecular weight is 265 g/mol. The molecule has 0 aliphatic rings. The molecule has 1 aromatic rings. The highest BCUT2D eigenvalue weighted by Gasteiger charge is 2.24. The van der Waals surface area contributed by atoms with Gasteiger partial charge in [-0.25, -0.2) is 4.39 Å². The minimum absolute atomic E-state index is 0.254. The number of ether oxygens (including phenoxy) is 1. The van der Waals surface area contributed by atoms with Gasteiger partial charge in [-0.15, -0.1) is 23.2 Å². The van der Waals surface area contributed by atoms with Gasteiger partial charge in [0, 0.05) is 11.8 Å². The summed E-state index contributed by atoms with van der Waals surface area (Å²) in [7, 11) is 1.45. The van der Waals surface area contributed by atoms with Crippen LogP contribution >= 0.6 is 23.2 Å². The SMILES string of the molecule is COc1cccc(CC(C)(CCl)CCl)c1F. The van der Waals surface area contributed by atoms with Gasteiger partial charge in [0.1, 0.15) is 0 Å². The molecule has 0 aromatic heterocycles. The van der Waals surface area contributed by atoms with E-state index < -0.39 is 0 Å². The Morgan fingerprint density at radius 3 is 2.44 bits per heavy atom. The highest BCUT2D eigenvalue weighted by molar-refractivity contribution is 6.21. The van der Waals surface area contributed by atoms with Crippen LogP contribution in [0.15, 0.2) is 18.2 Å². The maximum absolute atomic E-state index is 13.9. The zero-order chi connectivity index (χ0) is 12.2. The van der Waals surface area contributed by atoms with Crippen molar-refractivity contribution in [2.24, 2.45) is 5.41 Å². The maximum atomic E-state index is 13.9. The summed E-state index contributed by atoms with van der Waals surface area (Å²) in [5.41, 5.74) is 0.291. The van der Waals surface area contributed by atoms with E-state index in [-0.39, 0.29) is 17.0 Å². The van der Waals surface area contributed by atoms with Gasteiger partial charge in [0.05, 0.1) is 7.11 Å². The molecule has 0 unspecified atom stereocenters. The third-order valence-corrected chi connectivity index (χ3v) is 3.82. The lowest BCUT2D eigenvalue weighted by atomic mass is 9.87. The molecule has 0 fully saturated rings. The minimum atomic E-state index is -0.327. The molecule has 0 saturated carbocycles. The molecule has 0 N–H and O–H groups in total. The van der Waals surface area contributed by atoms with Crippen LogP contribution in [0.2, 0.25) is 0 Å². The van der Waals surface area contributed by atoms with Crippen LogP contribution in [0, 0.1) is 11.2 Å². The number of methoxy groups -OCH3 is 1. The lowest BCUT2D eigenvalue weighted by Crippen LogP contribution is -2.24. The smallest absolute Gasteiger partial charge is 0.168 e. The zero-order valence-electron chi connectivity index (χ0n) is 9.40. The van der Waals surface area contributed by atoms with E-state index in [1.165, 1.54) is 7.11 Å². The van der Waals surface area contributed by atoms with Crippen molar-refractivity contribution in [2.45, 2.75) is 13.3 Å². The summed E-state index contributed by atoms with van der Waals surface area (Å²) < 4.78 is 18.8. The molecule has 0 amide bonds. The quantitative estimate of drug-likeness (QED) is 0.734. The summed E-state index contributed by atoms with van der Waals surface area (Å²) in [4.78, 5) is 0. The van der Waals surface area contributed by atoms with Crippen LogP contribution in [-0.4, -0.2) is 18.9 Å². The fourth-order valence-corrected chi connectivity index (χ4v) is 1.92. The van der Waals surface area contributed by atoms with Crippen LogP contribution in [0.25, 0.3) is 0 Å². The Morgan fingerprint density at radius 2 is 1.94 bits per heavy atom. The second-order valence-electron chi connectivity index (χ2n) is 4.19. The predicted octanol–water partition coefficient (Wildman–Crippen LogP) is 3.86. The summed E-state index contributed by atoms with van der Waals surface area (Å²) in [5.74, 6) is 0.718. The van der Waals surface area contributed by atoms with Crippen molar-refractivity contribution in [3.05, 3.63) is 29.6 Å². The highest BCUT2D eigenvalue weighted by Crippen LogP contribution is 2.29. The first-order valence-electron chi connectivity index (χ1n) is 4.99. The second-order valence-corrected chi connectivity index (χ2v) is 4.72. The lowest BCUT2D eigenvalue weighted by molar-refractivity contribution is 0.373. The van der Waals surface area contributed by atoms with E-state index >= 15 is 0 Å². The molecular weight excluding hydrogens is 250 g/mol. The Hall–Kier alpha value is -0.470. The van der Waals surface area contributed by atoms with Gasteiger partial charge in [-0.1, -0.05) is 19.1 Å². The molecule has 90 valence electrons. The van der Waals surface area contributed by atoms with Gasteiger partial charge in [0.2, 0.25) is 0 Å². The van der Waals surface area contributed by atoms with E-state index in [1.54, 1.807) is 18.2 Å². The first kappa shape index (κ1) is 13.6. The summed E-state index contributed by atoms with van der Waals surface area (Å²) in [6.45, 7) is 1.94. The van der Waals surface area contributed by atoms with E-state index in [9.17, 15) is 4.39 Å². The second kappa shape index (κ2) is 5.74. The molecule has 0 bridgehead atoms. The van der Waals surface area contributed by atoms with E-state index in [0.29, 0.717) is 23.7 Å². The van der Waals surface area contributed by atoms with Gasteiger partial charge < -0.3 is 4.74 Å². The van der Waals surface area contributed by atoms with Gasteiger partial charge in [0.25, 0.3) is 0 Å². The Balaban J connectivity index is 2.97. The molecule has 0 saturated heterocycles. The number of rotatable bonds is 5. The summed E-state index contributed by atoms with van der Waals surface area (Å²) in [5, 5.41) is 0. The molecule has 0 spiro atoms. The standard InChI is InChI=1S/C12H15Cl2FO/c1-12(7-13,8-14)6-9-4-3-5-10(16-2)11(9)15/h3-5H,6-8H2,1-2H3. The molecule has 1 nitrogen and oxygen atoms in total. The number of alkyl halides is 2. The van der Waals surface area contributed by atoms with Crippen molar-refractivity contribution >= 4 is 23.2 Å². The molecule has 0 heterocycles. The fraction of sp³-hybridized carbons (Fsp3) is 0.500. The first-order chi connectivity index (χ1) is 7.56. The zero-order valence-corrected chi connectivity index (χ0v) is 10.9. The molecule has 0 aliphatic carbocycles. The normalized spacial score (nSPS) is 11.6. The number of hydrogen-bond acceptors (Lipinski definition) is 1. The molecular formula is C12H15Cl2FO. The van der Waals surface area contributed by atoms with Crippen LogP contribution in [0.5, 0.6) is 5.75 Å². The molecule has 0 radical (unpaired) electrons. The third-order valence-electron chi connectivity index (χ3n) is 2.53. The molecule has 0 atom stereocenters. The van der Waals surface area contributed by atoms with Crippen molar-refractivity contribution in [1.82, 2.24) is 0 Å². The molecule has 1 rings (SSSR count). The predicted molar refractivity (Wildman–Crippen MR) is 66.2 cm³/mol. The number of benzene rings is 1. The van der Waals surface area contributed by atoms with Crippen molar-refractivity contribution in [3.8, 4) is 5.75 Å². The van der Waals surface area contributed by atoms with Crippen LogP contribution < -0.4 is 4.74 Å². The van der Waals surface area contributed by atoms with Crippen LogP contribution in [0.3, 0.4) is 0 Å². The van der Waals surface area contributed by atoms with E-state index in [2.05, 4.69) is 0 Å². The largest absolute Gasteiger partial charge is 0.494 e. The van der Waals surface area contributed by atoms with Crippen LogP contribution in [0.1, 0.15) is 12.5 Å². The maximum Gasteiger partial charge on any atom is 0.168 e. The Labute approximate surface area is 106 Å². The minimum Gasteiger partial charge on any atom is -0.494 e. The van der Waals surface area contributed by atoms with Gasteiger partial charge in [-0.2, -0.15) is 0 Å². The van der Waals surface area contributed by atoms with Gasteiger partial charge in [-0.3, -0.25) is 0 Å². The van der Waals surface area contributed by atoms with Gasteiger partial charge in [0.15, 0.2) is 11.6 Å². The number of halogens is 3. The van der Waals surface area contributed by atoms with Gasteiger partial charge >= 0.3 is 0 Å². The Kier molecular flexibility index (Phi) is 4.88. The lowest BCUT2D eigenvalue weighted by Gasteiger charge is -2.24. The molecule has 16 heavy (non-hydrogen) atoms. The molecule has 1 aromatic carbocycles. The van der Waals surface area contributed by atoms with Crippen LogP contribution in [-0.2, 0) is 6.42 Å². The monoisotopic (exact) mass is 264 g/mol. The summed E-state index contributed by atoms with van der Waals surface area (Å²) in [6.07, 6.45) is 0.503.